The molecule has 2 aliphatic heterocycles. The molecule has 0 spiro atoms. The molecule has 0 saturated carbocycles. The van der Waals surface area contributed by atoms with Crippen LogP contribution in [-0.4, -0.2) is 4.57 Å². The summed E-state index contributed by atoms with van der Waals surface area (Å²) < 4.78 is 50.0. The Hall–Kier alpha value is -3.66. The van der Waals surface area contributed by atoms with Gasteiger partial charge in [0.05, 0.1) is 25.1 Å². The minimum atomic E-state index is -4.94. The van der Waals surface area contributed by atoms with Gasteiger partial charge in [0.25, 0.3) is 5.82 Å². The number of imidazole rings is 1. The summed E-state index contributed by atoms with van der Waals surface area (Å²) in [4.78, 5) is 0. The number of hydrogen-bond donors (Lipinski definition) is 0. The largest absolute Gasteiger partial charge is 0.472 e. The van der Waals surface area contributed by atoms with E-state index in [1.54, 1.807) is 12.5 Å². The lowest BCUT2D eigenvalue weighted by atomic mass is 9.55. The average molecular weight is 505 g/mol. The van der Waals surface area contributed by atoms with Gasteiger partial charge in [0.1, 0.15) is 30.0 Å². The van der Waals surface area contributed by atoms with Gasteiger partial charge in [0, 0.05) is 28.5 Å². The zero-order chi connectivity index (χ0) is 24.9. The van der Waals surface area contributed by atoms with Gasteiger partial charge in [0.15, 0.2) is 0 Å². The van der Waals surface area contributed by atoms with E-state index in [2.05, 4.69) is 88.3 Å². The summed E-state index contributed by atoms with van der Waals surface area (Å²) in [5.74, 6) is 1.42. The molecule has 5 heterocycles. The summed E-state index contributed by atoms with van der Waals surface area (Å²) >= 11 is 0. The van der Waals surface area contributed by atoms with Crippen LogP contribution in [0.2, 0.25) is 0 Å². The number of rotatable bonds is 3. The molecule has 2 unspecified atom stereocenters. The predicted molar refractivity (Wildman–Crippen MR) is 115 cm³/mol. The van der Waals surface area contributed by atoms with Crippen LogP contribution < -0.4 is 23.2 Å². The molecule has 9 heteroatoms. The van der Waals surface area contributed by atoms with Gasteiger partial charge in [-0.15, -0.1) is 10.2 Å². The van der Waals surface area contributed by atoms with Crippen LogP contribution in [0.3, 0.4) is 0 Å². The molecule has 0 amide bonds. The van der Waals surface area contributed by atoms with Gasteiger partial charge in [-0.3, -0.25) is 0 Å². The Balaban J connectivity index is 0.000000441. The monoisotopic (exact) mass is 504 g/mol. The van der Waals surface area contributed by atoms with Gasteiger partial charge in [-0.1, -0.05) is 42.5 Å². The first kappa shape index (κ1) is 22.8. The Bertz CT molecular complexity index is 1430. The maximum absolute atomic E-state index is 8.49. The van der Waals surface area contributed by atoms with E-state index < -0.39 is 10.2 Å². The van der Waals surface area contributed by atoms with Gasteiger partial charge in [0.2, 0.25) is 0 Å². The van der Waals surface area contributed by atoms with Crippen molar-refractivity contribution in [3.8, 4) is 5.69 Å². The highest BCUT2D eigenvalue weighted by Gasteiger charge is 2.60. The summed E-state index contributed by atoms with van der Waals surface area (Å²) in [5.41, 5.74) is 6.12. The van der Waals surface area contributed by atoms with Gasteiger partial charge in [-0.05, 0) is 29.8 Å². The third kappa shape index (κ3) is 3.59. The molecule has 182 valence electrons. The number of furan rings is 2. The normalized spacial score (nSPS) is 19.2. The molecule has 8 rings (SSSR count). The Morgan fingerprint density at radius 3 is 1.97 bits per heavy atom. The van der Waals surface area contributed by atoms with Crippen molar-refractivity contribution in [1.29, 1.82) is 0 Å². The van der Waals surface area contributed by atoms with Crippen LogP contribution in [0, 0.1) is 10.2 Å². The number of halogens is 1. The van der Waals surface area contributed by atoms with E-state index >= 15 is 0 Å². The number of para-hydroxylation sites is 1. The van der Waals surface area contributed by atoms with E-state index in [0.717, 1.165) is 6.42 Å². The number of hydrogen-bond acceptors (Lipinski definition) is 6. The molecular weight excluding hydrogens is 484 g/mol. The van der Waals surface area contributed by atoms with Crippen LogP contribution in [0.15, 0.2) is 113 Å². The van der Waals surface area contributed by atoms with E-state index in [4.69, 9.17) is 27.5 Å². The topological polar surface area (TPSA) is 127 Å². The van der Waals surface area contributed by atoms with E-state index in [9.17, 15) is 0 Å². The molecule has 0 radical (unpaired) electrons. The molecule has 5 aromatic rings. The highest BCUT2D eigenvalue weighted by atomic mass is 35.7. The van der Waals surface area contributed by atoms with Gasteiger partial charge in [-0.25, -0.2) is 23.2 Å². The molecule has 2 bridgehead atoms. The SMILES string of the molecule is [O-][Cl+3]([O-])([O-])[O-].c1ccc(-n2cc[n+]3c2C2c4ccccc4C3CC2(c2ccoc2)c2ccoc2)cc1. The molecule has 0 fully saturated rings. The minimum Gasteiger partial charge on any atom is -0.472 e. The zero-order valence-corrected chi connectivity index (χ0v) is 19.7. The van der Waals surface area contributed by atoms with E-state index in [-0.39, 0.29) is 17.4 Å². The summed E-state index contributed by atoms with van der Waals surface area (Å²) in [6.07, 6.45) is 12.8. The van der Waals surface area contributed by atoms with Crippen molar-refractivity contribution >= 4 is 0 Å². The van der Waals surface area contributed by atoms with Gasteiger partial charge >= 0.3 is 0 Å². The van der Waals surface area contributed by atoms with Crippen LogP contribution >= 0.6 is 0 Å². The third-order valence-electron chi connectivity index (χ3n) is 7.26. The average Bonchev–Trinajstić information content (AvgIpc) is 3.66. The zero-order valence-electron chi connectivity index (χ0n) is 18.9. The Labute approximate surface area is 208 Å². The first-order chi connectivity index (χ1) is 17.4. The fourth-order valence-electron chi connectivity index (χ4n) is 6.03. The summed E-state index contributed by atoms with van der Waals surface area (Å²) in [7, 11) is -4.94. The molecule has 0 N–H and O–H groups in total. The van der Waals surface area contributed by atoms with Crippen molar-refractivity contribution in [2.75, 3.05) is 0 Å². The smallest absolute Gasteiger partial charge is 0.271 e. The second kappa shape index (κ2) is 8.48. The lowest BCUT2D eigenvalue weighted by Crippen LogP contribution is -2.68. The van der Waals surface area contributed by atoms with Crippen LogP contribution in [0.4, 0.5) is 0 Å². The fourth-order valence-corrected chi connectivity index (χ4v) is 6.03. The van der Waals surface area contributed by atoms with E-state index in [1.165, 1.54) is 33.8 Å². The van der Waals surface area contributed by atoms with Crippen molar-refractivity contribution in [2.24, 2.45) is 0 Å². The number of benzene rings is 2. The number of nitrogens with zero attached hydrogens (tertiary/aromatic N) is 2. The van der Waals surface area contributed by atoms with E-state index in [1.807, 2.05) is 12.5 Å². The maximum Gasteiger partial charge on any atom is 0.271 e. The van der Waals surface area contributed by atoms with E-state index in [0.29, 0.717) is 0 Å². The number of fused-ring (bicyclic) bond motifs is 1. The Kier molecular flexibility index (Phi) is 5.36. The molecule has 0 saturated heterocycles. The Morgan fingerprint density at radius 1 is 0.806 bits per heavy atom. The van der Waals surface area contributed by atoms with Crippen LogP contribution in [0.5, 0.6) is 0 Å². The van der Waals surface area contributed by atoms with Crippen LogP contribution in [0.1, 0.15) is 46.5 Å². The van der Waals surface area contributed by atoms with Gasteiger partial charge < -0.3 is 8.83 Å². The van der Waals surface area contributed by atoms with Crippen molar-refractivity contribution in [2.45, 2.75) is 23.8 Å². The second-order valence-corrected chi connectivity index (χ2v) is 9.68. The first-order valence-corrected chi connectivity index (χ1v) is 12.5. The standard InChI is InChI=1S/C27H21N2O2.ClHO4/c1-2-6-21(7-3-1)28-12-13-29-24-16-27(19-10-14-30-17-19,20-11-15-31-18-20)25(26(28)29)23-9-5-4-8-22(23)24;2-1(3,4)5/h1-15,17-18,24-25H,16H2;(H,2,3,4,5)/q+1;/p-1. The predicted octanol–water partition coefficient (Wildman–Crippen LogP) is 0.620. The lowest BCUT2D eigenvalue weighted by Gasteiger charge is -2.49. The van der Waals surface area contributed by atoms with Crippen LogP contribution in [0.25, 0.3) is 5.69 Å². The number of aromatic nitrogens is 2. The minimum absolute atomic E-state index is 0.124. The summed E-state index contributed by atoms with van der Waals surface area (Å²) in [5, 5.41) is 0. The molecule has 1 aliphatic carbocycles. The van der Waals surface area contributed by atoms with Crippen molar-refractivity contribution in [3.05, 3.63) is 132 Å². The molecule has 3 aromatic heterocycles. The van der Waals surface area contributed by atoms with Gasteiger partial charge in [-0.2, -0.15) is 4.57 Å². The molecule has 2 aromatic carbocycles. The van der Waals surface area contributed by atoms with Crippen LogP contribution in [-0.2, 0) is 5.41 Å². The molecule has 36 heavy (non-hydrogen) atoms. The van der Waals surface area contributed by atoms with Crippen molar-refractivity contribution in [1.82, 2.24) is 4.57 Å². The summed E-state index contributed by atoms with van der Waals surface area (Å²) in [6, 6.07) is 24.0. The molecule has 8 nitrogen and oxygen atoms in total. The fraction of sp³-hybridized carbons (Fsp3) is 0.148. The second-order valence-electron chi connectivity index (χ2n) is 8.92. The molecular formula is C27H21ClN2O6. The lowest BCUT2D eigenvalue weighted by molar-refractivity contribution is -2.00. The molecule has 2 atom stereocenters. The highest BCUT2D eigenvalue weighted by molar-refractivity contribution is 5.54. The summed E-state index contributed by atoms with van der Waals surface area (Å²) in [6.45, 7) is 0. The third-order valence-corrected chi connectivity index (χ3v) is 7.26. The molecule has 3 aliphatic rings. The first-order valence-electron chi connectivity index (χ1n) is 11.3. The Morgan fingerprint density at radius 2 is 1.39 bits per heavy atom. The maximum atomic E-state index is 8.49. The highest BCUT2D eigenvalue weighted by Crippen LogP contribution is 2.59. The quantitative estimate of drug-likeness (QED) is 0.331. The van der Waals surface area contributed by atoms with Crippen molar-refractivity contribution in [3.63, 3.8) is 0 Å². The van der Waals surface area contributed by atoms with Crippen molar-refractivity contribution < 1.29 is 42.3 Å².